The lowest BCUT2D eigenvalue weighted by atomic mass is 10.1. The van der Waals surface area contributed by atoms with Crippen molar-refractivity contribution in [1.82, 2.24) is 10.3 Å². The first kappa shape index (κ1) is 44.1. The maximum absolute atomic E-state index is 12.8. The highest BCUT2D eigenvalue weighted by atomic mass is 32.3. The van der Waals surface area contributed by atoms with Gasteiger partial charge in [-0.05, 0) is 109 Å². The quantitative estimate of drug-likeness (QED) is 0.0598. The Kier molecular flexibility index (Phi) is 13.1. The maximum Gasteiger partial charge on any atom is 0.335 e. The van der Waals surface area contributed by atoms with Gasteiger partial charge in [0.05, 0.1) is 20.9 Å². The average Bonchev–Trinajstić information content (AvgIpc) is 4.12. The Morgan fingerprint density at radius 3 is 1.20 bits per heavy atom. The molecular weight excluding hydrogens is 909 g/mol. The van der Waals surface area contributed by atoms with Crippen LogP contribution in [0.25, 0.3) is 21.1 Å². The van der Waals surface area contributed by atoms with Gasteiger partial charge in [0.1, 0.15) is 32.3 Å². The third-order valence-electron chi connectivity index (χ3n) is 8.61. The molecule has 0 atom stereocenters. The molecular formula is C42H30N6O12S4. The minimum absolute atomic E-state index is 0.0869. The zero-order chi connectivity index (χ0) is 45.4. The van der Waals surface area contributed by atoms with E-state index < -0.39 is 43.8 Å². The van der Waals surface area contributed by atoms with Gasteiger partial charge in [-0.25, -0.2) is 26.4 Å². The number of anilines is 4. The van der Waals surface area contributed by atoms with Gasteiger partial charge in [-0.2, -0.15) is 0 Å². The third-order valence-corrected chi connectivity index (χ3v) is 14.6. The Morgan fingerprint density at radius 1 is 0.469 bits per heavy atom. The number of hydrogen-bond donors (Lipinski definition) is 6. The van der Waals surface area contributed by atoms with Gasteiger partial charge in [0.15, 0.2) is 0 Å². The van der Waals surface area contributed by atoms with Gasteiger partial charge in [0.2, 0.25) is 0 Å². The van der Waals surface area contributed by atoms with Crippen molar-refractivity contribution < 1.29 is 55.3 Å². The number of sulfonamides is 2. The number of carbonyl (C=O) groups excluding carboxylic acids is 2. The largest absolute Gasteiger partial charge is 0.478 e. The number of nitrogens with zero attached hydrogens (tertiary/aromatic N) is 2. The van der Waals surface area contributed by atoms with Crippen LogP contribution in [0.4, 0.5) is 22.7 Å². The van der Waals surface area contributed by atoms with E-state index in [1.165, 1.54) is 110 Å². The van der Waals surface area contributed by atoms with Crippen LogP contribution in [-0.4, -0.2) is 61.1 Å². The van der Waals surface area contributed by atoms with Crippen molar-refractivity contribution in [3.05, 3.63) is 168 Å². The van der Waals surface area contributed by atoms with Crippen molar-refractivity contribution in [2.75, 3.05) is 20.1 Å². The molecule has 0 spiro atoms. The third kappa shape index (κ3) is 10.9. The highest BCUT2D eigenvalue weighted by Crippen LogP contribution is 2.32. The average molecular weight is 939 g/mol. The molecule has 0 bridgehead atoms. The van der Waals surface area contributed by atoms with Crippen molar-refractivity contribution in [2.24, 2.45) is 0 Å². The van der Waals surface area contributed by atoms with Crippen molar-refractivity contribution >= 4 is 89.2 Å². The second-order valence-corrected chi connectivity index (χ2v) is 19.0. The van der Waals surface area contributed by atoms with E-state index in [0.717, 1.165) is 22.7 Å². The zero-order valence-electron chi connectivity index (χ0n) is 32.4. The number of rotatable bonds is 14. The molecule has 8 aromatic rings. The smallest absolute Gasteiger partial charge is 0.335 e. The topological polar surface area (TPSA) is 277 Å². The molecule has 6 N–H and O–H groups in total. The minimum Gasteiger partial charge on any atom is -0.478 e. The summed E-state index contributed by atoms with van der Waals surface area (Å²) in [6.07, 6.45) is 2.80. The Bertz CT molecular complexity index is 2970. The molecule has 22 heteroatoms. The zero-order valence-corrected chi connectivity index (χ0v) is 35.6. The fraction of sp³-hybridized carbons (Fsp3) is 0. The summed E-state index contributed by atoms with van der Waals surface area (Å²) in [4.78, 5) is 48.2. The summed E-state index contributed by atoms with van der Waals surface area (Å²) in [5.74, 6) is -3.08. The van der Waals surface area contributed by atoms with Crippen LogP contribution in [0.1, 0.15) is 41.4 Å². The van der Waals surface area contributed by atoms with Crippen molar-refractivity contribution in [2.45, 2.75) is 8.42 Å². The van der Waals surface area contributed by atoms with E-state index in [1.54, 1.807) is 36.4 Å². The summed E-state index contributed by atoms with van der Waals surface area (Å²) in [7, 11) is -7.75. The van der Waals surface area contributed by atoms with Crippen LogP contribution in [0.3, 0.4) is 0 Å². The van der Waals surface area contributed by atoms with Gasteiger partial charge in [-0.15, -0.1) is 22.7 Å². The van der Waals surface area contributed by atoms with E-state index in [-0.39, 0.29) is 42.0 Å². The van der Waals surface area contributed by atoms with Crippen LogP contribution in [0, 0.1) is 0 Å². The van der Waals surface area contributed by atoms with Gasteiger partial charge in [-0.3, -0.25) is 19.0 Å². The summed E-state index contributed by atoms with van der Waals surface area (Å²) >= 11 is 2.08. The van der Waals surface area contributed by atoms with Crippen LogP contribution in [0.2, 0.25) is 0 Å². The Balaban J connectivity index is 0.000000191. The normalized spacial score (nSPS) is 11.1. The maximum atomic E-state index is 12.8. The van der Waals surface area contributed by atoms with Crippen LogP contribution in [0.5, 0.6) is 0 Å². The standard InChI is InChI=1S/2C21H15N3O6S2/c2*25-20(22-15-6-4-13(5-7-15)21(26)27)14-2-1-3-16(12-14)24-32(28,29)19-9-8-18(31-19)17-10-11-30-23-17/h2*1-12,24H,(H,22,25)(H,26,27). The Hall–Kier alpha value is -7.92. The van der Waals surface area contributed by atoms with Crippen molar-refractivity contribution in [3.63, 3.8) is 0 Å². The molecule has 0 aliphatic rings. The van der Waals surface area contributed by atoms with Gasteiger partial charge in [-0.1, -0.05) is 22.4 Å². The van der Waals surface area contributed by atoms with E-state index in [0.29, 0.717) is 32.5 Å². The lowest BCUT2D eigenvalue weighted by Crippen LogP contribution is -2.14. The number of aromatic nitrogens is 2. The highest BCUT2D eigenvalue weighted by Gasteiger charge is 2.21. The van der Waals surface area contributed by atoms with Gasteiger partial charge < -0.3 is 29.9 Å². The second kappa shape index (κ2) is 19.0. The molecule has 0 unspecified atom stereocenters. The molecule has 4 aromatic carbocycles. The number of thiophene rings is 2. The van der Waals surface area contributed by atoms with E-state index >= 15 is 0 Å². The first-order chi connectivity index (χ1) is 30.6. The summed E-state index contributed by atoms with van der Waals surface area (Å²) < 4.78 is 65.7. The SMILES string of the molecule is O=C(O)c1ccc(NC(=O)c2cccc(NS(=O)(=O)c3ccc(-c4ccon4)s3)c2)cc1.O=C(O)c1ccc(NC(=O)c2cccc(NS(=O)(=O)c3ccc(-c4ccon4)s3)c2)cc1. The monoisotopic (exact) mass is 938 g/mol. The minimum atomic E-state index is -3.88. The number of carbonyl (C=O) groups is 4. The number of amides is 2. The van der Waals surface area contributed by atoms with Crippen molar-refractivity contribution in [1.29, 1.82) is 0 Å². The highest BCUT2D eigenvalue weighted by molar-refractivity contribution is 7.95. The lowest BCUT2D eigenvalue weighted by Gasteiger charge is -2.09. The molecule has 0 fully saturated rings. The van der Waals surface area contributed by atoms with Gasteiger partial charge >= 0.3 is 11.9 Å². The number of nitrogens with one attached hydrogen (secondary N) is 4. The van der Waals surface area contributed by atoms with E-state index in [9.17, 15) is 36.0 Å². The number of aromatic carboxylic acids is 2. The van der Waals surface area contributed by atoms with E-state index in [1.807, 2.05) is 0 Å². The number of carboxylic acid groups (broad SMARTS) is 2. The molecule has 0 saturated carbocycles. The number of benzene rings is 4. The molecule has 64 heavy (non-hydrogen) atoms. The van der Waals surface area contributed by atoms with Crippen LogP contribution >= 0.6 is 22.7 Å². The summed E-state index contributed by atoms with van der Waals surface area (Å²) in [6, 6.07) is 32.9. The molecule has 4 aromatic heterocycles. The molecule has 0 radical (unpaired) electrons. The second-order valence-electron chi connectivity index (χ2n) is 13.1. The first-order valence-electron chi connectivity index (χ1n) is 18.2. The molecule has 18 nitrogen and oxygen atoms in total. The van der Waals surface area contributed by atoms with E-state index in [4.69, 9.17) is 19.3 Å². The Morgan fingerprint density at radius 2 is 0.859 bits per heavy atom. The van der Waals surface area contributed by atoms with E-state index in [2.05, 4.69) is 30.4 Å². The van der Waals surface area contributed by atoms with Gasteiger partial charge in [0.25, 0.3) is 31.9 Å². The van der Waals surface area contributed by atoms with Crippen LogP contribution in [-0.2, 0) is 20.0 Å². The van der Waals surface area contributed by atoms with Crippen LogP contribution < -0.4 is 20.1 Å². The molecule has 8 rings (SSSR count). The van der Waals surface area contributed by atoms with Crippen molar-refractivity contribution in [3.8, 4) is 21.1 Å². The summed E-state index contributed by atoms with van der Waals surface area (Å²) in [5, 5.41) is 30.7. The fourth-order valence-corrected chi connectivity index (χ4v) is 10.2. The molecule has 0 aliphatic heterocycles. The molecule has 324 valence electrons. The summed E-state index contributed by atoms with van der Waals surface area (Å²) in [5.41, 5.74) is 2.96. The molecule has 4 heterocycles. The molecule has 0 aliphatic carbocycles. The Labute approximate surface area is 370 Å². The fourth-order valence-electron chi connectivity index (χ4n) is 5.54. The van der Waals surface area contributed by atoms with Gasteiger partial charge in [0, 0.05) is 46.0 Å². The molecule has 2 amide bonds. The van der Waals surface area contributed by atoms with Crippen LogP contribution in [0.15, 0.2) is 163 Å². The predicted octanol–water partition coefficient (Wildman–Crippen LogP) is 8.31. The first-order valence-corrected chi connectivity index (χ1v) is 22.8. The lowest BCUT2D eigenvalue weighted by molar-refractivity contribution is 0.0686. The number of carboxylic acids is 2. The summed E-state index contributed by atoms with van der Waals surface area (Å²) in [6.45, 7) is 0. The number of hydrogen-bond acceptors (Lipinski definition) is 14. The predicted molar refractivity (Wildman–Crippen MR) is 237 cm³/mol. The molecule has 0 saturated heterocycles.